The quantitative estimate of drug-likeness (QED) is 0.499. The molecule has 2 aromatic carbocycles. The molecule has 0 saturated carbocycles. The van der Waals surface area contributed by atoms with Crippen molar-refractivity contribution in [3.8, 4) is 0 Å². The summed E-state index contributed by atoms with van der Waals surface area (Å²) in [7, 11) is 0. The van der Waals surface area contributed by atoms with Crippen LogP contribution in [0.1, 0.15) is 12.0 Å². The molecule has 1 saturated heterocycles. The number of carbonyl (C=O) groups is 2. The van der Waals surface area contributed by atoms with Gasteiger partial charge in [0.25, 0.3) is 0 Å². The van der Waals surface area contributed by atoms with Crippen LogP contribution >= 0.6 is 11.8 Å². The summed E-state index contributed by atoms with van der Waals surface area (Å²) in [6, 6.07) is 13.4. The minimum Gasteiger partial charge on any atom is -0.312 e. The Morgan fingerprint density at radius 3 is 2.58 bits per heavy atom. The van der Waals surface area contributed by atoms with Gasteiger partial charge in [-0.2, -0.15) is 5.10 Å². The van der Waals surface area contributed by atoms with Crippen LogP contribution in [0.2, 0.25) is 0 Å². The van der Waals surface area contributed by atoms with Gasteiger partial charge in [0.15, 0.2) is 0 Å². The van der Waals surface area contributed by atoms with Crippen LogP contribution < -0.4 is 10.3 Å². The summed E-state index contributed by atoms with van der Waals surface area (Å²) in [5, 5.41) is 3.97. The van der Waals surface area contributed by atoms with Gasteiger partial charge in [-0.1, -0.05) is 12.1 Å². The van der Waals surface area contributed by atoms with E-state index in [2.05, 4.69) is 10.5 Å². The van der Waals surface area contributed by atoms with Crippen LogP contribution in [0.25, 0.3) is 0 Å². The number of nitrogens with zero attached hydrogens (tertiary/aromatic N) is 2. The average Bonchev–Trinajstić information content (AvgIpc) is 3.05. The third-order valence-electron chi connectivity index (χ3n) is 4.14. The van der Waals surface area contributed by atoms with E-state index in [-0.39, 0.29) is 30.6 Å². The number of thioether (sulfide) groups is 1. The average molecular weight is 371 g/mol. The molecule has 0 radical (unpaired) electrons. The van der Waals surface area contributed by atoms with Crippen LogP contribution in [0.4, 0.5) is 10.1 Å². The van der Waals surface area contributed by atoms with Gasteiger partial charge >= 0.3 is 0 Å². The van der Waals surface area contributed by atoms with E-state index in [1.54, 1.807) is 18.0 Å². The fourth-order valence-corrected chi connectivity index (χ4v) is 3.11. The van der Waals surface area contributed by atoms with Crippen LogP contribution in [0.5, 0.6) is 0 Å². The Balaban J connectivity index is 1.57. The second-order valence-electron chi connectivity index (χ2n) is 5.89. The normalized spacial score (nSPS) is 17.1. The van der Waals surface area contributed by atoms with E-state index in [1.807, 2.05) is 30.5 Å². The fraction of sp³-hybridized carbons (Fsp3) is 0.211. The summed E-state index contributed by atoms with van der Waals surface area (Å²) in [6.45, 7) is 0.258. The smallest absolute Gasteiger partial charge is 0.245 e. The zero-order chi connectivity index (χ0) is 18.5. The maximum absolute atomic E-state index is 13.0. The summed E-state index contributed by atoms with van der Waals surface area (Å²) >= 11 is 1.65. The molecule has 1 heterocycles. The van der Waals surface area contributed by atoms with Crippen LogP contribution in [-0.2, 0) is 9.59 Å². The Morgan fingerprint density at radius 2 is 1.92 bits per heavy atom. The number of hydrazone groups is 1. The molecule has 0 spiro atoms. The van der Waals surface area contributed by atoms with Crippen molar-refractivity contribution in [3.05, 3.63) is 59.9 Å². The van der Waals surface area contributed by atoms with Crippen LogP contribution in [-0.4, -0.2) is 30.8 Å². The van der Waals surface area contributed by atoms with Crippen LogP contribution in [0, 0.1) is 11.7 Å². The first kappa shape index (κ1) is 18.1. The van der Waals surface area contributed by atoms with Gasteiger partial charge < -0.3 is 4.90 Å². The van der Waals surface area contributed by atoms with E-state index < -0.39 is 5.92 Å². The number of amides is 2. The Bertz CT molecular complexity index is 822. The highest BCUT2D eigenvalue weighted by Crippen LogP contribution is 2.25. The van der Waals surface area contributed by atoms with Crippen molar-refractivity contribution in [2.45, 2.75) is 11.3 Å². The minimum atomic E-state index is -0.483. The Morgan fingerprint density at radius 1 is 1.23 bits per heavy atom. The number of carbonyl (C=O) groups excluding carboxylic acids is 2. The summed E-state index contributed by atoms with van der Waals surface area (Å²) in [5.41, 5.74) is 3.95. The van der Waals surface area contributed by atoms with Gasteiger partial charge in [-0.3, -0.25) is 9.59 Å². The summed E-state index contributed by atoms with van der Waals surface area (Å²) < 4.78 is 13.0. The van der Waals surface area contributed by atoms with Crippen molar-refractivity contribution in [1.29, 1.82) is 0 Å². The molecule has 3 rings (SSSR count). The van der Waals surface area contributed by atoms with Gasteiger partial charge in [-0.15, -0.1) is 11.8 Å². The van der Waals surface area contributed by atoms with E-state index >= 15 is 0 Å². The Kier molecular flexibility index (Phi) is 5.68. The highest BCUT2D eigenvalue weighted by atomic mass is 32.2. The van der Waals surface area contributed by atoms with Gasteiger partial charge in [-0.05, 0) is 48.2 Å². The monoisotopic (exact) mass is 371 g/mol. The molecular formula is C19H18FN3O2S. The molecule has 1 fully saturated rings. The van der Waals surface area contributed by atoms with Gasteiger partial charge in [0.05, 0.1) is 12.1 Å². The highest BCUT2D eigenvalue weighted by Gasteiger charge is 2.35. The maximum atomic E-state index is 13.0. The van der Waals surface area contributed by atoms with Crippen LogP contribution in [0.3, 0.4) is 0 Å². The van der Waals surface area contributed by atoms with Crippen molar-refractivity contribution in [2.75, 3.05) is 17.7 Å². The fourth-order valence-electron chi connectivity index (χ4n) is 2.71. The highest BCUT2D eigenvalue weighted by molar-refractivity contribution is 7.98. The predicted octanol–water partition coefficient (Wildman–Crippen LogP) is 3.05. The van der Waals surface area contributed by atoms with E-state index in [1.165, 1.54) is 29.2 Å². The Hall–Kier alpha value is -2.67. The van der Waals surface area contributed by atoms with Gasteiger partial charge in [0.1, 0.15) is 5.82 Å². The lowest BCUT2D eigenvalue weighted by Crippen LogP contribution is -2.30. The van der Waals surface area contributed by atoms with E-state index in [4.69, 9.17) is 0 Å². The second-order valence-corrected chi connectivity index (χ2v) is 6.77. The van der Waals surface area contributed by atoms with E-state index in [9.17, 15) is 14.0 Å². The zero-order valence-corrected chi connectivity index (χ0v) is 15.0. The molecule has 0 unspecified atom stereocenters. The number of rotatable bonds is 5. The third-order valence-corrected chi connectivity index (χ3v) is 4.88. The molecule has 0 bridgehead atoms. The van der Waals surface area contributed by atoms with E-state index in [0.717, 1.165) is 10.5 Å². The predicted molar refractivity (Wildman–Crippen MR) is 101 cm³/mol. The summed E-state index contributed by atoms with van der Waals surface area (Å²) in [6.07, 6.45) is 3.68. The number of benzene rings is 2. The summed E-state index contributed by atoms with van der Waals surface area (Å²) in [4.78, 5) is 27.0. The molecule has 1 N–H and O–H groups in total. The molecule has 1 aliphatic heterocycles. The lowest BCUT2D eigenvalue weighted by atomic mass is 10.1. The molecule has 1 atom stereocenters. The molecule has 1 aliphatic rings. The van der Waals surface area contributed by atoms with Gasteiger partial charge in [-0.25, -0.2) is 9.82 Å². The molecule has 2 amide bonds. The molecule has 0 aromatic heterocycles. The number of hydrogen-bond acceptors (Lipinski definition) is 4. The number of anilines is 1. The van der Waals surface area contributed by atoms with Gasteiger partial charge in [0.2, 0.25) is 11.8 Å². The first-order valence-corrected chi connectivity index (χ1v) is 9.32. The molecule has 0 aliphatic carbocycles. The standard InChI is InChI=1S/C19H18FN3O2S/c1-26-17-8-2-13(3-9-17)11-21-22-19(25)14-10-18(24)23(12-14)16-6-4-15(20)5-7-16/h2-9,11,14H,10,12H2,1H3,(H,22,25)/b21-11-/t14-/m1/s1. The number of hydrogen-bond donors (Lipinski definition) is 1. The topological polar surface area (TPSA) is 61.8 Å². The minimum absolute atomic E-state index is 0.112. The molecule has 7 heteroatoms. The Labute approximate surface area is 155 Å². The number of nitrogens with one attached hydrogen (secondary N) is 1. The first-order valence-electron chi connectivity index (χ1n) is 8.09. The van der Waals surface area contributed by atoms with Crippen LogP contribution in [0.15, 0.2) is 58.5 Å². The van der Waals surface area contributed by atoms with Crippen molar-refractivity contribution >= 4 is 35.5 Å². The van der Waals surface area contributed by atoms with Crippen molar-refractivity contribution in [3.63, 3.8) is 0 Å². The zero-order valence-electron chi connectivity index (χ0n) is 14.2. The second kappa shape index (κ2) is 8.14. The molecule has 5 nitrogen and oxygen atoms in total. The van der Waals surface area contributed by atoms with E-state index in [0.29, 0.717) is 5.69 Å². The van der Waals surface area contributed by atoms with Gasteiger partial charge in [0, 0.05) is 23.5 Å². The lowest BCUT2D eigenvalue weighted by Gasteiger charge is -2.16. The number of halogens is 1. The van der Waals surface area contributed by atoms with Crippen molar-refractivity contribution in [1.82, 2.24) is 5.43 Å². The third kappa shape index (κ3) is 4.29. The molecule has 2 aromatic rings. The first-order chi connectivity index (χ1) is 12.6. The van der Waals surface area contributed by atoms with Crippen molar-refractivity contribution < 1.29 is 14.0 Å². The summed E-state index contributed by atoms with van der Waals surface area (Å²) in [5.74, 6) is -1.31. The molecule has 134 valence electrons. The SMILES string of the molecule is CSc1ccc(/C=N\NC(=O)[C@@H]2CC(=O)N(c3ccc(F)cc3)C2)cc1. The molecular weight excluding hydrogens is 353 g/mol. The lowest BCUT2D eigenvalue weighted by molar-refractivity contribution is -0.126. The molecule has 26 heavy (non-hydrogen) atoms. The largest absolute Gasteiger partial charge is 0.312 e. The van der Waals surface area contributed by atoms with Crippen molar-refractivity contribution in [2.24, 2.45) is 11.0 Å². The maximum Gasteiger partial charge on any atom is 0.245 e.